The molecular weight excluding hydrogens is 352 g/mol. The van der Waals surface area contributed by atoms with Gasteiger partial charge in [0.1, 0.15) is 16.9 Å². The first-order chi connectivity index (χ1) is 10.2. The molecule has 1 aromatic carbocycles. The fraction of sp³-hybridized carbons (Fsp3) is 0.500. The van der Waals surface area contributed by atoms with Gasteiger partial charge in [0.05, 0.1) is 10.0 Å². The van der Waals surface area contributed by atoms with Gasteiger partial charge >= 0.3 is 11.9 Å². The Morgan fingerprint density at radius 2 is 1.82 bits per heavy atom. The van der Waals surface area contributed by atoms with Crippen LogP contribution in [0.2, 0.25) is 0 Å². The third-order valence-corrected chi connectivity index (χ3v) is 3.94. The lowest BCUT2D eigenvalue weighted by Gasteiger charge is -2.28. The second-order valence-corrected chi connectivity index (χ2v) is 6.58. The summed E-state index contributed by atoms with van der Waals surface area (Å²) in [6.07, 6.45) is 3.86. The molecule has 0 fully saturated rings. The lowest BCUT2D eigenvalue weighted by molar-refractivity contribution is 0.0623. The molecule has 0 saturated carbocycles. The maximum absolute atomic E-state index is 11.5. The number of hydrogen-bond donors (Lipinski definition) is 2. The van der Waals surface area contributed by atoms with E-state index in [1.807, 2.05) is 13.8 Å². The molecule has 6 heteroatoms. The van der Waals surface area contributed by atoms with Gasteiger partial charge in [-0.15, -0.1) is 0 Å². The van der Waals surface area contributed by atoms with E-state index in [2.05, 4.69) is 22.9 Å². The second-order valence-electron chi connectivity index (χ2n) is 5.73. The molecule has 0 aromatic heterocycles. The summed E-state index contributed by atoms with van der Waals surface area (Å²) in [4.78, 5) is 22.7. The van der Waals surface area contributed by atoms with E-state index in [4.69, 9.17) is 9.84 Å². The van der Waals surface area contributed by atoms with E-state index in [1.165, 1.54) is 12.1 Å². The molecule has 0 atom stereocenters. The Morgan fingerprint density at radius 3 is 2.32 bits per heavy atom. The summed E-state index contributed by atoms with van der Waals surface area (Å²) in [5.41, 5.74) is -1.19. The minimum absolute atomic E-state index is 0.0638. The maximum atomic E-state index is 11.5. The largest absolute Gasteiger partial charge is 0.486 e. The quantitative estimate of drug-likeness (QED) is 0.652. The SMILES string of the molecule is CCCCCC(C)(C)Oc1c(Br)ccc(C(=O)O)c1C(=O)O. The number of ether oxygens (including phenoxy) is 1. The smallest absolute Gasteiger partial charge is 0.340 e. The molecule has 0 radical (unpaired) electrons. The van der Waals surface area contributed by atoms with Gasteiger partial charge in [0.15, 0.2) is 0 Å². The normalized spacial score (nSPS) is 11.3. The number of carboxylic acid groups (broad SMARTS) is 2. The molecule has 0 saturated heterocycles. The third-order valence-electron chi connectivity index (χ3n) is 3.31. The van der Waals surface area contributed by atoms with Crippen LogP contribution in [-0.4, -0.2) is 27.8 Å². The number of rotatable bonds is 8. The first-order valence-electron chi connectivity index (χ1n) is 7.17. The van der Waals surface area contributed by atoms with E-state index in [1.54, 1.807) is 0 Å². The van der Waals surface area contributed by atoms with E-state index in [0.717, 1.165) is 25.7 Å². The summed E-state index contributed by atoms with van der Waals surface area (Å²) >= 11 is 3.25. The van der Waals surface area contributed by atoms with E-state index in [0.29, 0.717) is 4.47 Å². The zero-order chi connectivity index (χ0) is 16.9. The number of unbranched alkanes of at least 4 members (excludes halogenated alkanes) is 2. The van der Waals surface area contributed by atoms with Gasteiger partial charge in [0.25, 0.3) is 0 Å². The topological polar surface area (TPSA) is 83.8 Å². The van der Waals surface area contributed by atoms with Crippen LogP contribution >= 0.6 is 15.9 Å². The fourth-order valence-corrected chi connectivity index (χ4v) is 2.59. The Labute approximate surface area is 138 Å². The highest BCUT2D eigenvalue weighted by atomic mass is 79.9. The molecule has 0 spiro atoms. The molecule has 0 amide bonds. The van der Waals surface area contributed by atoms with Crippen LogP contribution in [0, 0.1) is 0 Å². The van der Waals surface area contributed by atoms with Crippen LogP contribution in [0.4, 0.5) is 0 Å². The summed E-state index contributed by atoms with van der Waals surface area (Å²) in [7, 11) is 0. The maximum Gasteiger partial charge on any atom is 0.340 e. The van der Waals surface area contributed by atoms with Gasteiger partial charge in [-0.3, -0.25) is 0 Å². The molecule has 22 heavy (non-hydrogen) atoms. The average molecular weight is 373 g/mol. The zero-order valence-corrected chi connectivity index (χ0v) is 14.6. The highest BCUT2D eigenvalue weighted by molar-refractivity contribution is 9.10. The Hall–Kier alpha value is -1.56. The second kappa shape index (κ2) is 7.63. The summed E-state index contributed by atoms with van der Waals surface area (Å²) in [6, 6.07) is 2.75. The highest BCUT2D eigenvalue weighted by Crippen LogP contribution is 2.35. The van der Waals surface area contributed by atoms with E-state index in [9.17, 15) is 14.7 Å². The van der Waals surface area contributed by atoms with Gasteiger partial charge in [0.2, 0.25) is 0 Å². The summed E-state index contributed by atoms with van der Waals surface area (Å²) in [5, 5.41) is 18.5. The summed E-state index contributed by atoms with van der Waals surface area (Å²) < 4.78 is 6.30. The number of hydrogen-bond acceptors (Lipinski definition) is 3. The molecule has 1 rings (SSSR count). The molecule has 0 unspecified atom stereocenters. The number of halogens is 1. The van der Waals surface area contributed by atoms with Crippen molar-refractivity contribution in [1.82, 2.24) is 0 Å². The van der Waals surface area contributed by atoms with Gasteiger partial charge in [-0.1, -0.05) is 19.8 Å². The number of carboxylic acids is 2. The predicted octanol–water partition coefficient (Wildman–Crippen LogP) is 4.58. The molecule has 5 nitrogen and oxygen atoms in total. The minimum atomic E-state index is -1.32. The average Bonchev–Trinajstić information content (AvgIpc) is 2.40. The number of carbonyl (C=O) groups is 2. The van der Waals surface area contributed by atoms with Gasteiger partial charge in [-0.05, 0) is 54.8 Å². The monoisotopic (exact) mass is 372 g/mol. The van der Waals surface area contributed by atoms with Crippen molar-refractivity contribution in [3.8, 4) is 5.75 Å². The first kappa shape index (κ1) is 18.5. The van der Waals surface area contributed by atoms with Crippen LogP contribution in [-0.2, 0) is 0 Å². The lowest BCUT2D eigenvalue weighted by atomic mass is 9.99. The third kappa shape index (κ3) is 4.73. The lowest BCUT2D eigenvalue weighted by Crippen LogP contribution is -2.29. The predicted molar refractivity (Wildman–Crippen MR) is 86.9 cm³/mol. The van der Waals surface area contributed by atoms with Crippen molar-refractivity contribution in [1.29, 1.82) is 0 Å². The Bertz CT molecular complexity index is 566. The molecule has 0 aliphatic rings. The van der Waals surface area contributed by atoms with E-state index in [-0.39, 0.29) is 16.9 Å². The fourth-order valence-electron chi connectivity index (χ4n) is 2.18. The van der Waals surface area contributed by atoms with Crippen LogP contribution in [0.5, 0.6) is 5.75 Å². The number of benzene rings is 1. The van der Waals surface area contributed by atoms with Crippen molar-refractivity contribution in [2.75, 3.05) is 0 Å². The summed E-state index contributed by atoms with van der Waals surface area (Å²) in [5.74, 6) is -2.55. The van der Waals surface area contributed by atoms with Gasteiger partial charge in [-0.2, -0.15) is 0 Å². The van der Waals surface area contributed by atoms with Gasteiger partial charge < -0.3 is 14.9 Å². The van der Waals surface area contributed by atoms with Gasteiger partial charge in [0, 0.05) is 0 Å². The molecule has 0 heterocycles. The minimum Gasteiger partial charge on any atom is -0.486 e. The van der Waals surface area contributed by atoms with Crippen molar-refractivity contribution < 1.29 is 24.5 Å². The Balaban J connectivity index is 3.20. The van der Waals surface area contributed by atoms with E-state index < -0.39 is 17.5 Å². The van der Waals surface area contributed by atoms with Crippen molar-refractivity contribution >= 4 is 27.9 Å². The van der Waals surface area contributed by atoms with Gasteiger partial charge in [-0.25, -0.2) is 9.59 Å². The van der Waals surface area contributed by atoms with Crippen LogP contribution < -0.4 is 4.74 Å². The Kier molecular flexibility index (Phi) is 6.41. The van der Waals surface area contributed by atoms with Crippen molar-refractivity contribution in [3.63, 3.8) is 0 Å². The van der Waals surface area contributed by atoms with Crippen LogP contribution in [0.25, 0.3) is 0 Å². The molecule has 0 aliphatic heterocycles. The molecular formula is C16H21BrO5. The van der Waals surface area contributed by atoms with Crippen molar-refractivity contribution in [2.24, 2.45) is 0 Å². The molecule has 0 aliphatic carbocycles. The highest BCUT2D eigenvalue weighted by Gasteiger charge is 2.28. The molecule has 2 N–H and O–H groups in total. The van der Waals surface area contributed by atoms with Crippen LogP contribution in [0.1, 0.15) is 67.2 Å². The number of aromatic carboxylic acids is 2. The van der Waals surface area contributed by atoms with Crippen molar-refractivity contribution in [3.05, 3.63) is 27.7 Å². The molecule has 122 valence electrons. The molecule has 0 bridgehead atoms. The van der Waals surface area contributed by atoms with E-state index >= 15 is 0 Å². The van der Waals surface area contributed by atoms with Crippen molar-refractivity contribution in [2.45, 2.75) is 52.1 Å². The van der Waals surface area contributed by atoms with Crippen LogP contribution in [0.3, 0.4) is 0 Å². The van der Waals surface area contributed by atoms with Crippen LogP contribution in [0.15, 0.2) is 16.6 Å². The standard InChI is InChI=1S/C16H21BrO5/c1-4-5-6-9-16(2,3)22-13-11(17)8-7-10(14(18)19)12(13)15(20)21/h7-8H,4-6,9H2,1-3H3,(H,18,19)(H,20,21). The zero-order valence-electron chi connectivity index (χ0n) is 13.0. The summed E-state index contributed by atoms with van der Waals surface area (Å²) in [6.45, 7) is 5.84. The first-order valence-corrected chi connectivity index (χ1v) is 7.97. The molecule has 1 aromatic rings. The Morgan fingerprint density at radius 1 is 1.18 bits per heavy atom.